The Morgan fingerprint density at radius 2 is 1.70 bits per heavy atom. The largest absolute Gasteiger partial charge is 0.336 e. The Labute approximate surface area is 196 Å². The van der Waals surface area contributed by atoms with Gasteiger partial charge < -0.3 is 10.2 Å². The first kappa shape index (κ1) is 21.3. The summed E-state index contributed by atoms with van der Waals surface area (Å²) >= 11 is 1.40. The van der Waals surface area contributed by atoms with Gasteiger partial charge in [-0.25, -0.2) is 0 Å². The van der Waals surface area contributed by atoms with E-state index in [9.17, 15) is 9.59 Å². The molecule has 1 N–H and O–H groups in total. The van der Waals surface area contributed by atoms with Crippen LogP contribution in [-0.4, -0.2) is 52.8 Å². The first-order chi connectivity index (χ1) is 16.2. The molecule has 0 radical (unpaired) electrons. The van der Waals surface area contributed by atoms with Gasteiger partial charge in [-0.15, -0.1) is 11.3 Å². The van der Waals surface area contributed by atoms with E-state index in [0.717, 1.165) is 30.5 Å². The van der Waals surface area contributed by atoms with Gasteiger partial charge in [0.25, 0.3) is 11.8 Å². The van der Waals surface area contributed by atoms with Crippen molar-refractivity contribution >= 4 is 39.7 Å². The van der Waals surface area contributed by atoms with Crippen LogP contribution in [0.4, 0.5) is 5.69 Å². The zero-order chi connectivity index (χ0) is 22.6. The molecule has 4 aromatic rings. The maximum absolute atomic E-state index is 13.0. The lowest BCUT2D eigenvalue weighted by Crippen LogP contribution is -2.48. The highest BCUT2D eigenvalue weighted by molar-refractivity contribution is 7.12. The number of nitrogens with zero attached hydrogens (tertiary/aromatic N) is 3. The fourth-order valence-electron chi connectivity index (χ4n) is 4.12. The molecule has 1 fully saturated rings. The lowest BCUT2D eigenvalue weighted by Gasteiger charge is -2.35. The van der Waals surface area contributed by atoms with Crippen LogP contribution >= 0.6 is 11.3 Å². The average Bonchev–Trinajstić information content (AvgIpc) is 3.40. The molecule has 33 heavy (non-hydrogen) atoms. The Morgan fingerprint density at radius 3 is 2.45 bits per heavy atom. The van der Waals surface area contributed by atoms with Gasteiger partial charge in [0.1, 0.15) is 0 Å². The quantitative estimate of drug-likeness (QED) is 0.480. The van der Waals surface area contributed by atoms with Crippen LogP contribution in [0, 0.1) is 0 Å². The number of amides is 2. The molecular weight excluding hydrogens is 432 g/mol. The van der Waals surface area contributed by atoms with Crippen molar-refractivity contribution in [3.05, 3.63) is 94.3 Å². The van der Waals surface area contributed by atoms with Crippen LogP contribution in [0.25, 0.3) is 10.9 Å². The van der Waals surface area contributed by atoms with E-state index in [1.165, 1.54) is 16.9 Å². The standard InChI is InChI=1S/C26H24N4O2S/c31-25(23-7-3-17-33-23)28-22-10-8-20(9-11-22)26(32)30-15-13-29(14-16-30)18-21-5-1-4-19-6-2-12-27-24(19)21/h1-12,17H,13-16,18H2,(H,28,31). The monoisotopic (exact) mass is 456 g/mol. The van der Waals surface area contributed by atoms with Crippen molar-refractivity contribution < 1.29 is 9.59 Å². The van der Waals surface area contributed by atoms with Gasteiger partial charge in [0.15, 0.2) is 0 Å². The molecule has 7 heteroatoms. The number of nitrogens with one attached hydrogen (secondary N) is 1. The molecule has 0 bridgehead atoms. The van der Waals surface area contributed by atoms with E-state index >= 15 is 0 Å². The molecule has 0 spiro atoms. The van der Waals surface area contributed by atoms with Gasteiger partial charge in [-0.2, -0.15) is 0 Å². The van der Waals surface area contributed by atoms with Gasteiger partial charge in [-0.3, -0.25) is 19.5 Å². The van der Waals surface area contributed by atoms with Crippen LogP contribution in [0.15, 0.2) is 78.3 Å². The van der Waals surface area contributed by atoms with E-state index in [2.05, 4.69) is 39.5 Å². The van der Waals surface area contributed by atoms with Crippen LogP contribution in [0.2, 0.25) is 0 Å². The van der Waals surface area contributed by atoms with Crippen molar-refractivity contribution in [2.45, 2.75) is 6.54 Å². The molecule has 2 aromatic heterocycles. The highest BCUT2D eigenvalue weighted by atomic mass is 32.1. The molecule has 0 aliphatic carbocycles. The number of fused-ring (bicyclic) bond motifs is 1. The maximum Gasteiger partial charge on any atom is 0.265 e. The predicted molar refractivity (Wildman–Crippen MR) is 132 cm³/mol. The number of aromatic nitrogens is 1. The first-order valence-electron chi connectivity index (χ1n) is 11.0. The van der Waals surface area contributed by atoms with Gasteiger partial charge in [0.05, 0.1) is 10.4 Å². The topological polar surface area (TPSA) is 65.5 Å². The van der Waals surface area contributed by atoms with Crippen molar-refractivity contribution in [1.82, 2.24) is 14.8 Å². The van der Waals surface area contributed by atoms with E-state index in [1.54, 1.807) is 30.3 Å². The van der Waals surface area contributed by atoms with Gasteiger partial charge in [-0.05, 0) is 47.3 Å². The molecule has 3 heterocycles. The van der Waals surface area contributed by atoms with Gasteiger partial charge in [0, 0.05) is 55.6 Å². The third-order valence-corrected chi connectivity index (χ3v) is 6.77. The van der Waals surface area contributed by atoms with E-state index in [1.807, 2.05) is 28.6 Å². The number of rotatable bonds is 5. The van der Waals surface area contributed by atoms with E-state index in [-0.39, 0.29) is 11.8 Å². The van der Waals surface area contributed by atoms with Gasteiger partial charge in [0.2, 0.25) is 0 Å². The number of pyridine rings is 1. The van der Waals surface area contributed by atoms with Crippen LogP contribution in [0.1, 0.15) is 25.6 Å². The van der Waals surface area contributed by atoms with Gasteiger partial charge >= 0.3 is 0 Å². The molecule has 5 rings (SSSR count). The molecular formula is C26H24N4O2S. The number of para-hydroxylation sites is 1. The maximum atomic E-state index is 13.0. The fourth-order valence-corrected chi connectivity index (χ4v) is 4.74. The van der Waals surface area contributed by atoms with E-state index in [0.29, 0.717) is 29.2 Å². The number of carbonyl (C=O) groups excluding carboxylic acids is 2. The molecule has 166 valence electrons. The second-order valence-corrected chi connectivity index (χ2v) is 9.02. The lowest BCUT2D eigenvalue weighted by molar-refractivity contribution is 0.0629. The molecule has 1 aliphatic rings. The smallest absolute Gasteiger partial charge is 0.265 e. The minimum Gasteiger partial charge on any atom is -0.336 e. The highest BCUT2D eigenvalue weighted by Crippen LogP contribution is 2.20. The number of benzene rings is 2. The molecule has 1 saturated heterocycles. The summed E-state index contributed by atoms with van der Waals surface area (Å²) in [7, 11) is 0. The minimum absolute atomic E-state index is 0.0256. The number of anilines is 1. The second kappa shape index (κ2) is 9.52. The second-order valence-electron chi connectivity index (χ2n) is 8.07. The molecule has 0 saturated carbocycles. The number of thiophene rings is 1. The van der Waals surface area contributed by atoms with E-state index in [4.69, 9.17) is 0 Å². The third-order valence-electron chi connectivity index (χ3n) is 5.90. The summed E-state index contributed by atoms with van der Waals surface area (Å²) in [5.74, 6) is -0.112. The summed E-state index contributed by atoms with van der Waals surface area (Å²) in [6, 6.07) is 21.1. The molecule has 2 amide bonds. The SMILES string of the molecule is O=C(Nc1ccc(C(=O)N2CCN(Cc3cccc4cccnc34)CC2)cc1)c1cccs1. The van der Waals surface area contributed by atoms with E-state index < -0.39 is 0 Å². The minimum atomic E-state index is -0.137. The third kappa shape index (κ3) is 4.79. The van der Waals surface area contributed by atoms with Crippen LogP contribution in [0.5, 0.6) is 0 Å². The van der Waals surface area contributed by atoms with Gasteiger partial charge in [-0.1, -0.05) is 30.3 Å². The lowest BCUT2D eigenvalue weighted by atomic mass is 10.1. The Bertz CT molecular complexity index is 1260. The number of piperazine rings is 1. The van der Waals surface area contributed by atoms with Crippen molar-refractivity contribution in [2.75, 3.05) is 31.5 Å². The normalized spacial score (nSPS) is 14.4. The summed E-state index contributed by atoms with van der Waals surface area (Å²) in [6.07, 6.45) is 1.83. The van der Waals surface area contributed by atoms with Crippen molar-refractivity contribution in [2.24, 2.45) is 0 Å². The summed E-state index contributed by atoms with van der Waals surface area (Å²) in [6.45, 7) is 3.85. The zero-order valence-electron chi connectivity index (χ0n) is 18.1. The molecule has 6 nitrogen and oxygen atoms in total. The van der Waals surface area contributed by atoms with Crippen molar-refractivity contribution in [1.29, 1.82) is 0 Å². The Kier molecular flexibility index (Phi) is 6.15. The van der Waals surface area contributed by atoms with Crippen molar-refractivity contribution in [3.63, 3.8) is 0 Å². The first-order valence-corrected chi connectivity index (χ1v) is 11.8. The Balaban J connectivity index is 1.17. The zero-order valence-corrected chi connectivity index (χ0v) is 18.9. The molecule has 2 aromatic carbocycles. The number of carbonyl (C=O) groups is 2. The summed E-state index contributed by atoms with van der Waals surface area (Å²) in [4.78, 5) is 34.6. The average molecular weight is 457 g/mol. The summed E-state index contributed by atoms with van der Waals surface area (Å²) < 4.78 is 0. The van der Waals surface area contributed by atoms with Crippen LogP contribution < -0.4 is 5.32 Å². The van der Waals surface area contributed by atoms with Crippen LogP contribution in [-0.2, 0) is 6.54 Å². The summed E-state index contributed by atoms with van der Waals surface area (Å²) in [5.41, 5.74) is 3.58. The molecule has 0 unspecified atom stereocenters. The number of hydrogen-bond donors (Lipinski definition) is 1. The fraction of sp³-hybridized carbons (Fsp3) is 0.192. The highest BCUT2D eigenvalue weighted by Gasteiger charge is 2.22. The Morgan fingerprint density at radius 1 is 0.909 bits per heavy atom. The Hall–Kier alpha value is -3.55. The molecule has 1 aliphatic heterocycles. The summed E-state index contributed by atoms with van der Waals surface area (Å²) in [5, 5.41) is 5.89. The molecule has 0 atom stereocenters. The number of hydrogen-bond acceptors (Lipinski definition) is 5. The van der Waals surface area contributed by atoms with Crippen LogP contribution in [0.3, 0.4) is 0 Å². The predicted octanol–water partition coefficient (Wildman–Crippen LogP) is 4.51. The van der Waals surface area contributed by atoms with Crippen molar-refractivity contribution in [3.8, 4) is 0 Å².